The number of ether oxygens (including phenoxy) is 1. The molecule has 2 atom stereocenters. The summed E-state index contributed by atoms with van der Waals surface area (Å²) in [5.74, 6) is -1.13. The van der Waals surface area contributed by atoms with Crippen LogP contribution in [-0.2, 0) is 20.7 Å². The number of alkyl carbamates (subject to hydrolysis) is 1. The first-order valence-electron chi connectivity index (χ1n) is 13.8. The van der Waals surface area contributed by atoms with E-state index in [1.165, 1.54) is 11.9 Å². The number of amides is 3. The third-order valence-corrected chi connectivity index (χ3v) is 6.84. The summed E-state index contributed by atoms with van der Waals surface area (Å²) in [4.78, 5) is 42.1. The highest BCUT2D eigenvalue weighted by molar-refractivity contribution is 6.00. The van der Waals surface area contributed by atoms with Crippen LogP contribution in [0.2, 0.25) is 0 Å². The topological polar surface area (TPSA) is 108 Å². The lowest BCUT2D eigenvalue weighted by atomic mass is 9.98. The van der Waals surface area contributed by atoms with Gasteiger partial charge >= 0.3 is 6.09 Å². The van der Waals surface area contributed by atoms with Crippen molar-refractivity contribution in [2.75, 3.05) is 12.4 Å². The van der Waals surface area contributed by atoms with Crippen LogP contribution in [0.5, 0.6) is 5.75 Å². The number of nitrogens with one attached hydrogen (secondary N) is 2. The monoisotopic (exact) mass is 567 g/mol. The van der Waals surface area contributed by atoms with E-state index < -0.39 is 35.6 Å². The minimum Gasteiger partial charge on any atom is -0.507 e. The molecule has 0 saturated heterocycles. The van der Waals surface area contributed by atoms with Gasteiger partial charge in [-0.05, 0) is 61.7 Å². The van der Waals surface area contributed by atoms with Gasteiger partial charge in [-0.1, -0.05) is 78.9 Å². The van der Waals surface area contributed by atoms with Crippen LogP contribution in [0.25, 0.3) is 10.8 Å². The number of carbonyl (C=O) groups is 3. The van der Waals surface area contributed by atoms with Gasteiger partial charge < -0.3 is 25.4 Å². The minimum absolute atomic E-state index is 0.0875. The normalized spacial score (nSPS) is 12.7. The fourth-order valence-corrected chi connectivity index (χ4v) is 4.78. The Morgan fingerprint density at radius 3 is 2.24 bits per heavy atom. The molecule has 42 heavy (non-hydrogen) atoms. The van der Waals surface area contributed by atoms with Gasteiger partial charge in [-0.25, -0.2) is 4.79 Å². The van der Waals surface area contributed by atoms with Crippen molar-refractivity contribution in [2.45, 2.75) is 51.8 Å². The van der Waals surface area contributed by atoms with E-state index in [1.807, 2.05) is 66.7 Å². The fourth-order valence-electron chi connectivity index (χ4n) is 4.78. The fraction of sp³-hybridized carbons (Fsp3) is 0.265. The maximum Gasteiger partial charge on any atom is 0.408 e. The molecule has 4 rings (SSSR count). The number of anilines is 1. The second-order valence-electron chi connectivity index (χ2n) is 11.3. The lowest BCUT2D eigenvalue weighted by Gasteiger charge is -2.32. The Hall–Kier alpha value is -4.85. The predicted octanol–water partition coefficient (Wildman–Crippen LogP) is 6.13. The Kier molecular flexibility index (Phi) is 9.15. The highest BCUT2D eigenvalue weighted by Gasteiger charge is 2.36. The van der Waals surface area contributed by atoms with Gasteiger partial charge in [-0.15, -0.1) is 0 Å². The number of phenols is 1. The molecule has 3 amide bonds. The van der Waals surface area contributed by atoms with Gasteiger partial charge in [0.2, 0.25) is 5.91 Å². The van der Waals surface area contributed by atoms with Crippen molar-refractivity contribution in [3.8, 4) is 5.75 Å². The number of phenolic OH excluding ortho intramolecular Hbond substituents is 1. The molecule has 0 saturated carbocycles. The van der Waals surface area contributed by atoms with E-state index in [0.717, 1.165) is 16.3 Å². The van der Waals surface area contributed by atoms with Gasteiger partial charge in [0.15, 0.2) is 0 Å². The summed E-state index contributed by atoms with van der Waals surface area (Å²) in [6, 6.07) is 25.4. The first kappa shape index (κ1) is 30.1. The Morgan fingerprint density at radius 2 is 1.55 bits per heavy atom. The van der Waals surface area contributed by atoms with Crippen LogP contribution in [0.1, 0.15) is 43.5 Å². The summed E-state index contributed by atoms with van der Waals surface area (Å²) in [6.07, 6.45) is -0.581. The van der Waals surface area contributed by atoms with E-state index in [-0.39, 0.29) is 17.7 Å². The van der Waals surface area contributed by atoms with Crippen LogP contribution >= 0.6 is 0 Å². The maximum absolute atomic E-state index is 14.1. The Labute approximate surface area is 246 Å². The molecule has 8 nitrogen and oxygen atoms in total. The summed E-state index contributed by atoms with van der Waals surface area (Å²) in [5, 5.41) is 18.6. The van der Waals surface area contributed by atoms with Gasteiger partial charge in [-0.2, -0.15) is 0 Å². The third kappa shape index (κ3) is 7.46. The van der Waals surface area contributed by atoms with Crippen molar-refractivity contribution in [2.24, 2.45) is 0 Å². The maximum atomic E-state index is 14.1. The summed E-state index contributed by atoms with van der Waals surface area (Å²) in [6.45, 7) is 6.93. The van der Waals surface area contributed by atoms with Crippen LogP contribution in [0.4, 0.5) is 10.5 Å². The van der Waals surface area contributed by atoms with Gasteiger partial charge in [0.1, 0.15) is 23.4 Å². The first-order valence-corrected chi connectivity index (χ1v) is 13.8. The molecular weight excluding hydrogens is 530 g/mol. The molecule has 2 unspecified atom stereocenters. The number of benzene rings is 4. The Morgan fingerprint density at radius 1 is 0.881 bits per heavy atom. The van der Waals surface area contributed by atoms with Gasteiger partial charge in [0.05, 0.1) is 0 Å². The molecule has 8 heteroatoms. The van der Waals surface area contributed by atoms with Crippen LogP contribution in [0.3, 0.4) is 0 Å². The zero-order valence-corrected chi connectivity index (χ0v) is 24.5. The zero-order chi connectivity index (χ0) is 30.4. The van der Waals surface area contributed by atoms with E-state index >= 15 is 0 Å². The van der Waals surface area contributed by atoms with Crippen molar-refractivity contribution in [1.82, 2.24) is 10.2 Å². The largest absolute Gasteiger partial charge is 0.507 e. The minimum atomic E-state index is -1.21. The second-order valence-corrected chi connectivity index (χ2v) is 11.3. The molecule has 0 heterocycles. The van der Waals surface area contributed by atoms with Crippen molar-refractivity contribution >= 4 is 34.4 Å². The van der Waals surface area contributed by atoms with Crippen molar-refractivity contribution in [3.63, 3.8) is 0 Å². The number of hydrogen-bond acceptors (Lipinski definition) is 5. The van der Waals surface area contributed by atoms with Gasteiger partial charge in [-0.3, -0.25) is 9.59 Å². The number of rotatable bonds is 8. The molecule has 0 aliphatic heterocycles. The molecule has 0 bridgehead atoms. The first-order chi connectivity index (χ1) is 19.9. The molecule has 0 fully saturated rings. The number of carbonyl (C=O) groups excluding carboxylic acids is 3. The summed E-state index contributed by atoms with van der Waals surface area (Å²) < 4.78 is 5.44. The van der Waals surface area contributed by atoms with Gasteiger partial charge in [0.25, 0.3) is 5.91 Å². The second kappa shape index (κ2) is 12.8. The molecule has 0 aromatic heterocycles. The van der Waals surface area contributed by atoms with Crippen molar-refractivity contribution in [3.05, 3.63) is 108 Å². The number of aryl methyl sites for hydroxylation is 1. The molecule has 0 spiro atoms. The quantitative estimate of drug-likeness (QED) is 0.238. The van der Waals surface area contributed by atoms with Gasteiger partial charge in [0, 0.05) is 24.7 Å². The third-order valence-electron chi connectivity index (χ3n) is 6.84. The van der Waals surface area contributed by atoms with Crippen LogP contribution < -0.4 is 10.6 Å². The standard InChI is InChI=1S/C34H37N3O5/c1-22-12-11-17-27(30(22)38)29(31(39)35-26-19-18-24-15-9-10-16-25(24)21-26)37(5)32(40)28(20-23-13-7-6-8-14-23)36-33(41)42-34(2,3)4/h6-19,21,28-29,38H,20H2,1-5H3,(H,35,39)(H,36,41). The SMILES string of the molecule is Cc1cccc(C(C(=O)Nc2ccc3ccccc3c2)N(C)C(=O)C(Cc2ccccc2)NC(=O)OC(C)(C)C)c1O. The van der Waals surface area contributed by atoms with Crippen LogP contribution in [0, 0.1) is 6.92 Å². The van der Waals surface area contributed by atoms with E-state index in [0.29, 0.717) is 11.3 Å². The average Bonchev–Trinajstić information content (AvgIpc) is 2.94. The van der Waals surface area contributed by atoms with E-state index in [9.17, 15) is 19.5 Å². The molecule has 0 aliphatic rings. The summed E-state index contributed by atoms with van der Waals surface area (Å²) >= 11 is 0. The Balaban J connectivity index is 1.69. The van der Waals surface area contributed by atoms with Crippen molar-refractivity contribution in [1.29, 1.82) is 0 Å². The molecule has 0 radical (unpaired) electrons. The number of hydrogen-bond donors (Lipinski definition) is 3. The summed E-state index contributed by atoms with van der Waals surface area (Å²) in [7, 11) is 1.49. The van der Waals surface area contributed by atoms with E-state index in [1.54, 1.807) is 52.0 Å². The summed E-state index contributed by atoms with van der Waals surface area (Å²) in [5.41, 5.74) is 1.41. The highest BCUT2D eigenvalue weighted by Crippen LogP contribution is 2.32. The molecular formula is C34H37N3O5. The molecule has 218 valence electrons. The smallest absolute Gasteiger partial charge is 0.408 e. The van der Waals surface area contributed by atoms with E-state index in [2.05, 4.69) is 10.6 Å². The zero-order valence-electron chi connectivity index (χ0n) is 24.5. The molecule has 0 aliphatic carbocycles. The number of para-hydroxylation sites is 1. The number of fused-ring (bicyclic) bond motifs is 1. The average molecular weight is 568 g/mol. The lowest BCUT2D eigenvalue weighted by molar-refractivity contribution is -0.139. The Bertz CT molecular complexity index is 1580. The highest BCUT2D eigenvalue weighted by atomic mass is 16.6. The van der Waals surface area contributed by atoms with Crippen molar-refractivity contribution < 1.29 is 24.2 Å². The molecule has 4 aromatic carbocycles. The van der Waals surface area contributed by atoms with Crippen LogP contribution in [-0.4, -0.2) is 46.6 Å². The number of likely N-dealkylation sites (N-methyl/N-ethyl adjacent to an activating group) is 1. The van der Waals surface area contributed by atoms with E-state index in [4.69, 9.17) is 4.74 Å². The molecule has 3 N–H and O–H groups in total. The lowest BCUT2D eigenvalue weighted by Crippen LogP contribution is -2.52. The number of aromatic hydroxyl groups is 1. The van der Waals surface area contributed by atoms with Crippen LogP contribution in [0.15, 0.2) is 91.0 Å². The number of nitrogens with zero attached hydrogens (tertiary/aromatic N) is 1. The molecule has 4 aromatic rings. The predicted molar refractivity (Wildman–Crippen MR) is 164 cm³/mol.